The van der Waals surface area contributed by atoms with E-state index in [2.05, 4.69) is 42.0 Å². The second kappa shape index (κ2) is 10.8. The third-order valence-electron chi connectivity index (χ3n) is 6.44. The van der Waals surface area contributed by atoms with Gasteiger partial charge in [-0.25, -0.2) is 9.36 Å². The molecule has 4 rings (SSSR count). The molecular formula is C30H35N3O4. The van der Waals surface area contributed by atoms with Crippen molar-refractivity contribution in [2.75, 3.05) is 19.7 Å². The predicted molar refractivity (Wildman–Crippen MR) is 145 cm³/mol. The van der Waals surface area contributed by atoms with Gasteiger partial charge < -0.3 is 15.2 Å². The van der Waals surface area contributed by atoms with Gasteiger partial charge in [-0.3, -0.25) is 9.69 Å². The van der Waals surface area contributed by atoms with Crippen molar-refractivity contribution in [2.45, 2.75) is 59.7 Å². The minimum Gasteiger partial charge on any atom is -0.443 e. The van der Waals surface area contributed by atoms with Crippen LogP contribution in [-0.2, 0) is 17.8 Å². The number of hydrogen-bond acceptors (Lipinski definition) is 5. The molecule has 0 unspecified atom stereocenters. The van der Waals surface area contributed by atoms with Gasteiger partial charge in [-0.15, -0.1) is 0 Å². The van der Waals surface area contributed by atoms with Crippen LogP contribution in [0.1, 0.15) is 68.1 Å². The van der Waals surface area contributed by atoms with Crippen LogP contribution in [0.2, 0.25) is 0 Å². The smallest absolute Gasteiger partial charge is 0.419 e. The van der Waals surface area contributed by atoms with E-state index in [1.807, 2.05) is 51.1 Å². The Morgan fingerprint density at radius 2 is 1.92 bits per heavy atom. The van der Waals surface area contributed by atoms with Crippen molar-refractivity contribution in [2.24, 2.45) is 0 Å². The fourth-order valence-corrected chi connectivity index (χ4v) is 4.66. The van der Waals surface area contributed by atoms with Crippen molar-refractivity contribution in [3.63, 3.8) is 0 Å². The number of aliphatic hydroxyl groups is 1. The summed E-state index contributed by atoms with van der Waals surface area (Å²) >= 11 is 0. The SMILES string of the molecule is CCN(CC)Cc1ccc2c(c1)cc(-c1ccc(C#CCCO)c3c1C(=O)NC3)n2C(=O)OC(C)(C)C. The van der Waals surface area contributed by atoms with Crippen LogP contribution < -0.4 is 5.32 Å². The van der Waals surface area contributed by atoms with Gasteiger partial charge in [-0.05, 0) is 63.7 Å². The van der Waals surface area contributed by atoms with Gasteiger partial charge in [0.1, 0.15) is 5.60 Å². The van der Waals surface area contributed by atoms with E-state index in [0.717, 1.165) is 47.2 Å². The molecule has 0 saturated carbocycles. The first kappa shape index (κ1) is 26.5. The summed E-state index contributed by atoms with van der Waals surface area (Å²) in [5.74, 6) is 5.82. The number of hydrogen-bond donors (Lipinski definition) is 2. The third kappa shape index (κ3) is 5.56. The summed E-state index contributed by atoms with van der Waals surface area (Å²) in [6, 6.07) is 11.8. The first-order valence-corrected chi connectivity index (χ1v) is 12.8. The van der Waals surface area contributed by atoms with E-state index in [1.54, 1.807) is 4.57 Å². The number of nitrogens with one attached hydrogen (secondary N) is 1. The lowest BCUT2D eigenvalue weighted by Gasteiger charge is -2.21. The van der Waals surface area contributed by atoms with E-state index in [4.69, 9.17) is 9.84 Å². The molecule has 2 heterocycles. The van der Waals surface area contributed by atoms with Crippen molar-refractivity contribution < 1.29 is 19.4 Å². The highest BCUT2D eigenvalue weighted by Crippen LogP contribution is 2.36. The van der Waals surface area contributed by atoms with Crippen LogP contribution in [0.3, 0.4) is 0 Å². The molecule has 1 aliphatic rings. The van der Waals surface area contributed by atoms with Crippen molar-refractivity contribution in [1.82, 2.24) is 14.8 Å². The average molecular weight is 502 g/mol. The fraction of sp³-hybridized carbons (Fsp3) is 0.400. The molecule has 0 atom stereocenters. The zero-order valence-electron chi connectivity index (χ0n) is 22.3. The van der Waals surface area contributed by atoms with Gasteiger partial charge in [-0.2, -0.15) is 0 Å². The highest BCUT2D eigenvalue weighted by atomic mass is 16.6. The lowest BCUT2D eigenvalue weighted by Crippen LogP contribution is -2.27. The second-order valence-electron chi connectivity index (χ2n) is 10.2. The zero-order valence-corrected chi connectivity index (χ0v) is 22.3. The highest BCUT2D eigenvalue weighted by Gasteiger charge is 2.30. The van der Waals surface area contributed by atoms with Gasteiger partial charge in [-0.1, -0.05) is 37.8 Å². The summed E-state index contributed by atoms with van der Waals surface area (Å²) in [7, 11) is 0. The molecule has 0 aliphatic carbocycles. The Morgan fingerprint density at radius 1 is 1.16 bits per heavy atom. The molecule has 7 heteroatoms. The first-order chi connectivity index (χ1) is 17.7. The maximum Gasteiger partial charge on any atom is 0.419 e. The Balaban J connectivity index is 1.91. The molecular weight excluding hydrogens is 466 g/mol. The molecule has 2 N–H and O–H groups in total. The summed E-state index contributed by atoms with van der Waals surface area (Å²) in [4.78, 5) is 28.8. The largest absolute Gasteiger partial charge is 0.443 e. The molecule has 0 radical (unpaired) electrons. The van der Waals surface area contributed by atoms with Crippen LogP contribution in [0.5, 0.6) is 0 Å². The predicted octanol–water partition coefficient (Wildman–Crippen LogP) is 4.91. The van der Waals surface area contributed by atoms with E-state index in [-0.39, 0.29) is 12.5 Å². The molecule has 1 aromatic heterocycles. The summed E-state index contributed by atoms with van der Waals surface area (Å²) in [6.45, 7) is 12.9. The van der Waals surface area contributed by atoms with Crippen LogP contribution in [-0.4, -0.2) is 51.9 Å². The van der Waals surface area contributed by atoms with Crippen molar-refractivity contribution in [3.05, 3.63) is 58.7 Å². The van der Waals surface area contributed by atoms with Crippen LogP contribution in [0.15, 0.2) is 36.4 Å². The molecule has 0 spiro atoms. The summed E-state index contributed by atoms with van der Waals surface area (Å²) < 4.78 is 7.36. The molecule has 1 amide bonds. The zero-order chi connectivity index (χ0) is 26.7. The lowest BCUT2D eigenvalue weighted by atomic mass is 9.96. The molecule has 37 heavy (non-hydrogen) atoms. The van der Waals surface area contributed by atoms with Crippen LogP contribution in [0.25, 0.3) is 22.2 Å². The van der Waals surface area contributed by atoms with Crippen molar-refractivity contribution in [1.29, 1.82) is 0 Å². The number of nitrogens with zero attached hydrogens (tertiary/aromatic N) is 2. The lowest BCUT2D eigenvalue weighted by molar-refractivity contribution is 0.0547. The number of benzene rings is 2. The molecule has 1 aliphatic heterocycles. The second-order valence-corrected chi connectivity index (χ2v) is 10.2. The number of fused-ring (bicyclic) bond motifs is 2. The van der Waals surface area contributed by atoms with Gasteiger partial charge in [0.25, 0.3) is 5.91 Å². The molecule has 2 aromatic carbocycles. The van der Waals surface area contributed by atoms with E-state index >= 15 is 0 Å². The minimum absolute atomic E-state index is 0.0172. The molecule has 3 aromatic rings. The molecule has 0 saturated heterocycles. The molecule has 0 fully saturated rings. The van der Waals surface area contributed by atoms with E-state index in [0.29, 0.717) is 29.8 Å². The first-order valence-electron chi connectivity index (χ1n) is 12.8. The molecule has 194 valence electrons. The van der Waals surface area contributed by atoms with Crippen molar-refractivity contribution >= 4 is 22.9 Å². The minimum atomic E-state index is -0.681. The number of aromatic nitrogens is 1. The van der Waals surface area contributed by atoms with Gasteiger partial charge >= 0.3 is 6.09 Å². The van der Waals surface area contributed by atoms with Gasteiger partial charge in [0.05, 0.1) is 23.4 Å². The standard InChI is InChI=1S/C30H35N3O4/c1-6-32(7-2)19-20-11-14-25-22(16-20)17-26(33(25)29(36)37-30(3,4)5)23-13-12-21(10-8-9-15-34)24-18-31-28(35)27(23)24/h11-14,16-17,34H,6-7,9,15,18-19H2,1-5H3,(H,31,35). The van der Waals surface area contributed by atoms with Crippen LogP contribution in [0, 0.1) is 11.8 Å². The monoisotopic (exact) mass is 501 g/mol. The normalized spacial score (nSPS) is 12.9. The van der Waals surface area contributed by atoms with Gasteiger partial charge in [0.2, 0.25) is 0 Å². The summed E-state index contributed by atoms with van der Waals surface area (Å²) in [5.41, 5.74) is 4.53. The topological polar surface area (TPSA) is 83.8 Å². The molecule has 7 nitrogen and oxygen atoms in total. The van der Waals surface area contributed by atoms with Gasteiger partial charge in [0, 0.05) is 41.6 Å². The maximum atomic E-state index is 13.5. The number of carbonyl (C=O) groups excluding carboxylic acids is 2. The molecule has 0 bridgehead atoms. The number of carbonyl (C=O) groups is 2. The number of rotatable bonds is 6. The number of amides is 1. The Labute approximate surface area is 218 Å². The summed E-state index contributed by atoms with van der Waals surface area (Å²) in [6.07, 6.45) is -0.131. The number of ether oxygens (including phenoxy) is 1. The van der Waals surface area contributed by atoms with E-state index in [9.17, 15) is 9.59 Å². The Kier molecular flexibility index (Phi) is 7.72. The summed E-state index contributed by atoms with van der Waals surface area (Å²) in [5, 5.41) is 12.9. The highest BCUT2D eigenvalue weighted by molar-refractivity contribution is 6.07. The van der Waals surface area contributed by atoms with Gasteiger partial charge in [0.15, 0.2) is 0 Å². The quantitative estimate of drug-likeness (QED) is 0.469. The maximum absolute atomic E-state index is 13.5. The van der Waals surface area contributed by atoms with Crippen LogP contribution in [0.4, 0.5) is 4.79 Å². The Morgan fingerprint density at radius 3 is 2.59 bits per heavy atom. The fourth-order valence-electron chi connectivity index (χ4n) is 4.66. The average Bonchev–Trinajstić information content (AvgIpc) is 3.42. The Bertz CT molecular complexity index is 1400. The van der Waals surface area contributed by atoms with E-state index in [1.165, 1.54) is 0 Å². The van der Waals surface area contributed by atoms with Crippen LogP contribution >= 0.6 is 0 Å². The number of aliphatic hydroxyl groups excluding tert-OH is 1. The third-order valence-corrected chi connectivity index (χ3v) is 6.44. The van der Waals surface area contributed by atoms with Crippen molar-refractivity contribution in [3.8, 4) is 23.1 Å². The Hall–Kier alpha value is -3.60. The van der Waals surface area contributed by atoms with E-state index < -0.39 is 11.7 Å².